The first-order chi connectivity index (χ1) is 13.1. The Balaban J connectivity index is 1.59. The maximum Gasteiger partial charge on any atom is 0.257 e. The molecule has 4 rings (SSSR count). The number of carbonyl (C=O) groups is 1. The Morgan fingerprint density at radius 2 is 1.74 bits per heavy atom. The van der Waals surface area contributed by atoms with Crippen LogP contribution in [0.4, 0.5) is 0 Å². The van der Waals surface area contributed by atoms with Crippen LogP contribution in [0.5, 0.6) is 11.5 Å². The van der Waals surface area contributed by atoms with E-state index in [0.29, 0.717) is 43.2 Å². The molecule has 0 radical (unpaired) electrons. The van der Waals surface area contributed by atoms with Gasteiger partial charge in [-0.2, -0.15) is 0 Å². The molecule has 2 aromatic carbocycles. The van der Waals surface area contributed by atoms with Gasteiger partial charge in [0.1, 0.15) is 13.2 Å². The predicted molar refractivity (Wildman–Crippen MR) is 101 cm³/mol. The lowest BCUT2D eigenvalue weighted by Crippen LogP contribution is -2.34. The Kier molecular flexibility index (Phi) is 4.78. The van der Waals surface area contributed by atoms with E-state index in [-0.39, 0.29) is 18.2 Å². The van der Waals surface area contributed by atoms with Gasteiger partial charge in [0.2, 0.25) is 0 Å². The SMILES string of the molecule is O=C(c1cccc2c1OCCO2)N1CC[C@@H](c2ccccc2)S(=O)(=O)CC1. The highest BCUT2D eigenvalue weighted by Gasteiger charge is 2.34. The van der Waals surface area contributed by atoms with E-state index in [1.54, 1.807) is 23.1 Å². The van der Waals surface area contributed by atoms with Crippen LogP contribution in [0.25, 0.3) is 0 Å². The highest BCUT2D eigenvalue weighted by Crippen LogP contribution is 2.35. The predicted octanol–water partition coefficient (Wildman–Crippen LogP) is 2.46. The number of nitrogens with zero attached hydrogens (tertiary/aromatic N) is 1. The number of amides is 1. The summed E-state index contributed by atoms with van der Waals surface area (Å²) < 4.78 is 36.7. The van der Waals surface area contributed by atoms with Crippen LogP contribution in [0, 0.1) is 0 Å². The lowest BCUT2D eigenvalue weighted by atomic mass is 10.1. The van der Waals surface area contributed by atoms with Crippen molar-refractivity contribution in [1.82, 2.24) is 4.90 Å². The van der Waals surface area contributed by atoms with E-state index in [9.17, 15) is 13.2 Å². The molecule has 0 aromatic heterocycles. The summed E-state index contributed by atoms with van der Waals surface area (Å²) in [5, 5.41) is -0.583. The van der Waals surface area contributed by atoms with Gasteiger partial charge < -0.3 is 14.4 Å². The maximum atomic E-state index is 13.1. The molecule has 0 saturated carbocycles. The molecule has 2 heterocycles. The fourth-order valence-electron chi connectivity index (χ4n) is 3.60. The Morgan fingerprint density at radius 3 is 2.56 bits per heavy atom. The van der Waals surface area contributed by atoms with Crippen LogP contribution in [0.2, 0.25) is 0 Å². The molecule has 0 N–H and O–H groups in total. The molecule has 0 bridgehead atoms. The molecular weight excluding hydrogens is 366 g/mol. The molecule has 0 aliphatic carbocycles. The van der Waals surface area contributed by atoms with Crippen LogP contribution in [0.15, 0.2) is 48.5 Å². The summed E-state index contributed by atoms with van der Waals surface area (Å²) in [6.45, 7) is 1.39. The van der Waals surface area contributed by atoms with E-state index in [4.69, 9.17) is 9.47 Å². The van der Waals surface area contributed by atoms with Gasteiger partial charge in [0.15, 0.2) is 21.3 Å². The monoisotopic (exact) mass is 387 g/mol. The minimum absolute atomic E-state index is 0.0509. The molecular formula is C20H21NO5S. The third kappa shape index (κ3) is 3.51. The Labute approximate surface area is 158 Å². The topological polar surface area (TPSA) is 72.9 Å². The first kappa shape index (κ1) is 17.9. The number of para-hydroxylation sites is 1. The van der Waals surface area contributed by atoms with E-state index in [0.717, 1.165) is 5.56 Å². The van der Waals surface area contributed by atoms with Gasteiger partial charge in [-0.1, -0.05) is 36.4 Å². The Bertz CT molecular complexity index is 942. The molecule has 0 spiro atoms. The van der Waals surface area contributed by atoms with Crippen molar-refractivity contribution < 1.29 is 22.7 Å². The van der Waals surface area contributed by atoms with Crippen LogP contribution in [-0.2, 0) is 9.84 Å². The van der Waals surface area contributed by atoms with Crippen molar-refractivity contribution in [2.75, 3.05) is 32.1 Å². The van der Waals surface area contributed by atoms with Crippen LogP contribution in [0.1, 0.15) is 27.6 Å². The highest BCUT2D eigenvalue weighted by atomic mass is 32.2. The first-order valence-corrected chi connectivity index (χ1v) is 10.7. The lowest BCUT2D eigenvalue weighted by Gasteiger charge is -2.24. The van der Waals surface area contributed by atoms with E-state index in [1.807, 2.05) is 30.3 Å². The zero-order chi connectivity index (χ0) is 18.9. The van der Waals surface area contributed by atoms with Gasteiger partial charge in [-0.05, 0) is 24.1 Å². The smallest absolute Gasteiger partial charge is 0.257 e. The van der Waals surface area contributed by atoms with Gasteiger partial charge in [-0.25, -0.2) is 8.42 Å². The number of hydrogen-bond donors (Lipinski definition) is 0. The molecule has 2 aliphatic rings. The third-order valence-electron chi connectivity index (χ3n) is 5.00. The van der Waals surface area contributed by atoms with Crippen molar-refractivity contribution in [3.05, 3.63) is 59.7 Å². The molecule has 6 nitrogen and oxygen atoms in total. The Hall–Kier alpha value is -2.54. The van der Waals surface area contributed by atoms with Crippen molar-refractivity contribution in [3.8, 4) is 11.5 Å². The second-order valence-electron chi connectivity index (χ2n) is 6.68. The highest BCUT2D eigenvalue weighted by molar-refractivity contribution is 7.91. The molecule has 2 aromatic rings. The van der Waals surface area contributed by atoms with Crippen molar-refractivity contribution >= 4 is 15.7 Å². The summed E-state index contributed by atoms with van der Waals surface area (Å²) >= 11 is 0. The molecule has 27 heavy (non-hydrogen) atoms. The molecule has 0 unspecified atom stereocenters. The second kappa shape index (κ2) is 7.23. The van der Waals surface area contributed by atoms with Crippen LogP contribution in [0.3, 0.4) is 0 Å². The molecule has 1 saturated heterocycles. The molecule has 142 valence electrons. The average molecular weight is 387 g/mol. The van der Waals surface area contributed by atoms with Crippen LogP contribution < -0.4 is 9.47 Å². The molecule has 2 aliphatic heterocycles. The number of rotatable bonds is 2. The quantitative estimate of drug-likeness (QED) is 0.792. The van der Waals surface area contributed by atoms with Crippen molar-refractivity contribution in [1.29, 1.82) is 0 Å². The van der Waals surface area contributed by atoms with Crippen molar-refractivity contribution in [3.63, 3.8) is 0 Å². The summed E-state index contributed by atoms with van der Waals surface area (Å²) in [5.41, 5.74) is 1.20. The summed E-state index contributed by atoms with van der Waals surface area (Å²) in [6.07, 6.45) is 0.379. The Morgan fingerprint density at radius 1 is 0.963 bits per heavy atom. The van der Waals surface area contributed by atoms with E-state index < -0.39 is 15.1 Å². The van der Waals surface area contributed by atoms with E-state index >= 15 is 0 Å². The number of sulfone groups is 1. The zero-order valence-corrected chi connectivity index (χ0v) is 15.7. The fraction of sp³-hybridized carbons (Fsp3) is 0.350. The average Bonchev–Trinajstić information content (AvgIpc) is 2.85. The minimum atomic E-state index is -3.33. The number of fused-ring (bicyclic) bond motifs is 1. The fourth-order valence-corrected chi connectivity index (χ4v) is 5.40. The van der Waals surface area contributed by atoms with Gasteiger partial charge in [0.25, 0.3) is 5.91 Å². The van der Waals surface area contributed by atoms with E-state index in [1.165, 1.54) is 0 Å². The second-order valence-corrected chi connectivity index (χ2v) is 8.98. The zero-order valence-electron chi connectivity index (χ0n) is 14.8. The summed E-state index contributed by atoms with van der Waals surface area (Å²) in [6, 6.07) is 14.4. The first-order valence-electron chi connectivity index (χ1n) is 9.01. The normalized spacial score (nSPS) is 21.3. The summed E-state index contributed by atoms with van der Waals surface area (Å²) in [7, 11) is -3.33. The summed E-state index contributed by atoms with van der Waals surface area (Å²) in [5.74, 6) is 0.725. The molecule has 7 heteroatoms. The molecule has 1 fully saturated rings. The van der Waals surface area contributed by atoms with E-state index in [2.05, 4.69) is 0 Å². The van der Waals surface area contributed by atoms with Gasteiger partial charge in [0, 0.05) is 13.1 Å². The van der Waals surface area contributed by atoms with Gasteiger partial charge in [0.05, 0.1) is 16.6 Å². The molecule has 1 atom stereocenters. The molecule has 1 amide bonds. The van der Waals surface area contributed by atoms with Crippen molar-refractivity contribution in [2.45, 2.75) is 11.7 Å². The maximum absolute atomic E-state index is 13.1. The van der Waals surface area contributed by atoms with Gasteiger partial charge >= 0.3 is 0 Å². The van der Waals surface area contributed by atoms with Crippen LogP contribution >= 0.6 is 0 Å². The van der Waals surface area contributed by atoms with Gasteiger partial charge in [-0.15, -0.1) is 0 Å². The van der Waals surface area contributed by atoms with Crippen molar-refractivity contribution in [2.24, 2.45) is 0 Å². The standard InChI is InChI=1S/C20H21NO5S/c22-20(16-7-4-8-17-19(16)26-13-12-25-17)21-10-9-18(27(23,24)14-11-21)15-5-2-1-3-6-15/h1-8,18H,9-14H2/t18-/m0/s1. The number of ether oxygens (including phenoxy) is 2. The van der Waals surface area contributed by atoms with Gasteiger partial charge in [-0.3, -0.25) is 4.79 Å². The van der Waals surface area contributed by atoms with Crippen LogP contribution in [-0.4, -0.2) is 51.3 Å². The largest absolute Gasteiger partial charge is 0.486 e. The summed E-state index contributed by atoms with van der Waals surface area (Å²) in [4.78, 5) is 14.7. The lowest BCUT2D eigenvalue weighted by molar-refractivity contribution is 0.0756. The number of hydrogen-bond acceptors (Lipinski definition) is 5. The number of benzene rings is 2. The number of carbonyl (C=O) groups excluding carboxylic acids is 1. The third-order valence-corrected chi connectivity index (χ3v) is 7.12. The minimum Gasteiger partial charge on any atom is -0.486 e.